The minimum Gasteiger partial charge on any atom is -0.492 e. The molecule has 0 spiro atoms. The SMILES string of the molecule is CCOc1ccc(NC(=O)Cc2cccc(N)c2)cc1Cl. The van der Waals surface area contributed by atoms with Crippen molar-refractivity contribution in [2.45, 2.75) is 13.3 Å². The number of rotatable bonds is 5. The highest BCUT2D eigenvalue weighted by Gasteiger charge is 2.07. The Morgan fingerprint density at radius 1 is 1.29 bits per heavy atom. The van der Waals surface area contributed by atoms with Crippen molar-refractivity contribution in [1.82, 2.24) is 0 Å². The van der Waals surface area contributed by atoms with Crippen LogP contribution in [-0.2, 0) is 11.2 Å². The number of carbonyl (C=O) groups is 1. The van der Waals surface area contributed by atoms with Crippen LogP contribution in [0.3, 0.4) is 0 Å². The molecule has 2 rings (SSSR count). The summed E-state index contributed by atoms with van der Waals surface area (Å²) in [7, 11) is 0. The van der Waals surface area contributed by atoms with E-state index in [2.05, 4.69) is 5.32 Å². The van der Waals surface area contributed by atoms with Crippen molar-refractivity contribution in [3.8, 4) is 5.75 Å². The maximum Gasteiger partial charge on any atom is 0.228 e. The maximum absolute atomic E-state index is 12.0. The molecular formula is C16H17ClN2O2. The smallest absolute Gasteiger partial charge is 0.228 e. The summed E-state index contributed by atoms with van der Waals surface area (Å²) in [5, 5.41) is 3.27. The zero-order valence-corrected chi connectivity index (χ0v) is 12.5. The van der Waals surface area contributed by atoms with Crippen molar-refractivity contribution in [1.29, 1.82) is 0 Å². The van der Waals surface area contributed by atoms with E-state index >= 15 is 0 Å². The lowest BCUT2D eigenvalue weighted by atomic mass is 10.1. The van der Waals surface area contributed by atoms with E-state index in [1.807, 2.05) is 19.1 Å². The number of ether oxygens (including phenoxy) is 1. The van der Waals surface area contributed by atoms with E-state index in [4.69, 9.17) is 22.1 Å². The summed E-state index contributed by atoms with van der Waals surface area (Å²) in [6.07, 6.45) is 0.260. The molecule has 4 nitrogen and oxygen atoms in total. The first kappa shape index (κ1) is 15.2. The number of benzene rings is 2. The average Bonchev–Trinajstić information content (AvgIpc) is 2.42. The monoisotopic (exact) mass is 304 g/mol. The van der Waals surface area contributed by atoms with Gasteiger partial charge in [0, 0.05) is 11.4 Å². The first-order valence-electron chi connectivity index (χ1n) is 6.65. The van der Waals surface area contributed by atoms with Crippen molar-refractivity contribution >= 4 is 28.9 Å². The van der Waals surface area contributed by atoms with Gasteiger partial charge in [0.2, 0.25) is 5.91 Å². The second-order valence-electron chi connectivity index (χ2n) is 4.55. The van der Waals surface area contributed by atoms with Gasteiger partial charge in [0.05, 0.1) is 18.1 Å². The van der Waals surface area contributed by atoms with Crippen molar-refractivity contribution in [2.75, 3.05) is 17.7 Å². The molecule has 2 aromatic rings. The molecule has 0 atom stereocenters. The zero-order chi connectivity index (χ0) is 15.2. The summed E-state index contributed by atoms with van der Waals surface area (Å²) < 4.78 is 5.35. The van der Waals surface area contributed by atoms with E-state index < -0.39 is 0 Å². The second-order valence-corrected chi connectivity index (χ2v) is 4.96. The lowest BCUT2D eigenvalue weighted by Gasteiger charge is -2.09. The molecule has 0 radical (unpaired) electrons. The molecular weight excluding hydrogens is 288 g/mol. The molecule has 21 heavy (non-hydrogen) atoms. The highest BCUT2D eigenvalue weighted by atomic mass is 35.5. The summed E-state index contributed by atoms with van der Waals surface area (Å²) in [4.78, 5) is 12.0. The van der Waals surface area contributed by atoms with E-state index in [0.29, 0.717) is 28.8 Å². The van der Waals surface area contributed by atoms with Crippen LogP contribution < -0.4 is 15.8 Å². The summed E-state index contributed by atoms with van der Waals surface area (Å²) >= 11 is 6.08. The van der Waals surface area contributed by atoms with Crippen LogP contribution in [0.25, 0.3) is 0 Å². The predicted octanol–water partition coefficient (Wildman–Crippen LogP) is 3.50. The topological polar surface area (TPSA) is 64.3 Å². The number of nitrogens with two attached hydrogens (primary N) is 1. The quantitative estimate of drug-likeness (QED) is 0.831. The highest BCUT2D eigenvalue weighted by molar-refractivity contribution is 6.32. The van der Waals surface area contributed by atoms with Crippen LogP contribution in [0.15, 0.2) is 42.5 Å². The molecule has 0 fully saturated rings. The summed E-state index contributed by atoms with van der Waals surface area (Å²) in [6, 6.07) is 12.4. The van der Waals surface area contributed by atoms with Gasteiger partial charge in [-0.15, -0.1) is 0 Å². The van der Waals surface area contributed by atoms with Gasteiger partial charge in [-0.2, -0.15) is 0 Å². The van der Waals surface area contributed by atoms with Gasteiger partial charge in [0.15, 0.2) is 0 Å². The molecule has 0 saturated heterocycles. The lowest BCUT2D eigenvalue weighted by molar-refractivity contribution is -0.115. The molecule has 5 heteroatoms. The fraction of sp³-hybridized carbons (Fsp3) is 0.188. The normalized spacial score (nSPS) is 10.2. The molecule has 0 aliphatic rings. The van der Waals surface area contributed by atoms with E-state index in [1.165, 1.54) is 0 Å². The van der Waals surface area contributed by atoms with Gasteiger partial charge < -0.3 is 15.8 Å². The lowest BCUT2D eigenvalue weighted by Crippen LogP contribution is -2.14. The highest BCUT2D eigenvalue weighted by Crippen LogP contribution is 2.27. The first-order valence-corrected chi connectivity index (χ1v) is 7.03. The number of hydrogen-bond acceptors (Lipinski definition) is 3. The van der Waals surface area contributed by atoms with Gasteiger partial charge in [-0.25, -0.2) is 0 Å². The molecule has 3 N–H and O–H groups in total. The molecule has 0 heterocycles. The van der Waals surface area contributed by atoms with Crippen LogP contribution in [0.4, 0.5) is 11.4 Å². The third-order valence-corrected chi connectivity index (χ3v) is 3.13. The van der Waals surface area contributed by atoms with Crippen molar-refractivity contribution in [3.63, 3.8) is 0 Å². The fourth-order valence-electron chi connectivity index (χ4n) is 1.94. The third kappa shape index (κ3) is 4.39. The Kier molecular flexibility index (Phi) is 5.06. The Bertz CT molecular complexity index is 644. The van der Waals surface area contributed by atoms with E-state index in [1.54, 1.807) is 30.3 Å². The third-order valence-electron chi connectivity index (χ3n) is 2.83. The number of carbonyl (C=O) groups excluding carboxylic acids is 1. The molecule has 0 bridgehead atoms. The van der Waals surface area contributed by atoms with Crippen LogP contribution in [0.1, 0.15) is 12.5 Å². The summed E-state index contributed by atoms with van der Waals surface area (Å²) in [5.74, 6) is 0.480. The standard InChI is InChI=1S/C16H17ClN2O2/c1-2-21-15-7-6-13(10-14(15)17)19-16(20)9-11-4-3-5-12(18)8-11/h3-8,10H,2,9,18H2,1H3,(H,19,20). The number of amides is 1. The van der Waals surface area contributed by atoms with Crippen LogP contribution in [0.5, 0.6) is 5.75 Å². The van der Waals surface area contributed by atoms with Crippen LogP contribution >= 0.6 is 11.6 Å². The Labute approximate surface area is 128 Å². The van der Waals surface area contributed by atoms with Gasteiger partial charge in [-0.3, -0.25) is 4.79 Å². The Hall–Kier alpha value is -2.20. The Morgan fingerprint density at radius 3 is 2.76 bits per heavy atom. The van der Waals surface area contributed by atoms with Crippen LogP contribution in [-0.4, -0.2) is 12.5 Å². The van der Waals surface area contributed by atoms with Crippen LogP contribution in [0, 0.1) is 0 Å². The molecule has 0 unspecified atom stereocenters. The molecule has 0 aliphatic carbocycles. The Morgan fingerprint density at radius 2 is 2.10 bits per heavy atom. The number of halogens is 1. The van der Waals surface area contributed by atoms with Crippen molar-refractivity contribution in [3.05, 3.63) is 53.1 Å². The van der Waals surface area contributed by atoms with Crippen LogP contribution in [0.2, 0.25) is 5.02 Å². The van der Waals surface area contributed by atoms with Gasteiger partial charge in [-0.1, -0.05) is 23.7 Å². The number of hydrogen-bond donors (Lipinski definition) is 2. The minimum absolute atomic E-state index is 0.124. The molecule has 110 valence electrons. The summed E-state index contributed by atoms with van der Waals surface area (Å²) in [6.45, 7) is 2.43. The predicted molar refractivity (Wildman–Crippen MR) is 85.8 cm³/mol. The molecule has 2 aromatic carbocycles. The van der Waals surface area contributed by atoms with Gasteiger partial charge >= 0.3 is 0 Å². The van der Waals surface area contributed by atoms with Gasteiger partial charge in [-0.05, 0) is 42.8 Å². The maximum atomic E-state index is 12.0. The number of nitrogens with one attached hydrogen (secondary N) is 1. The summed E-state index contributed by atoms with van der Waals surface area (Å²) in [5.41, 5.74) is 7.83. The average molecular weight is 305 g/mol. The fourth-order valence-corrected chi connectivity index (χ4v) is 2.18. The molecule has 1 amide bonds. The molecule has 0 saturated carbocycles. The van der Waals surface area contributed by atoms with E-state index in [9.17, 15) is 4.79 Å². The second kappa shape index (κ2) is 6.99. The molecule has 0 aromatic heterocycles. The zero-order valence-electron chi connectivity index (χ0n) is 11.7. The van der Waals surface area contributed by atoms with E-state index in [0.717, 1.165) is 5.56 Å². The Balaban J connectivity index is 2.01. The van der Waals surface area contributed by atoms with Gasteiger partial charge in [0.1, 0.15) is 5.75 Å². The molecule has 0 aliphatic heterocycles. The number of nitrogen functional groups attached to an aromatic ring is 1. The van der Waals surface area contributed by atoms with Gasteiger partial charge in [0.25, 0.3) is 0 Å². The van der Waals surface area contributed by atoms with Crippen molar-refractivity contribution < 1.29 is 9.53 Å². The first-order chi connectivity index (χ1) is 10.1. The minimum atomic E-state index is -0.124. The number of anilines is 2. The van der Waals surface area contributed by atoms with Crippen molar-refractivity contribution in [2.24, 2.45) is 0 Å². The van der Waals surface area contributed by atoms with E-state index in [-0.39, 0.29) is 12.3 Å². The largest absolute Gasteiger partial charge is 0.492 e.